The minimum Gasteiger partial charge on any atom is -0.325 e. The Balaban J connectivity index is 1.38. The Kier molecular flexibility index (Phi) is 6.24. The van der Waals surface area contributed by atoms with E-state index in [0.29, 0.717) is 29.2 Å². The van der Waals surface area contributed by atoms with Gasteiger partial charge in [-0.1, -0.05) is 41.6 Å². The molecule has 3 aromatic rings. The number of hydrogen-bond acceptors (Lipinski definition) is 6. The number of nitrogens with one attached hydrogen (secondary N) is 1. The number of hydrogen-bond donors (Lipinski definition) is 1. The molecule has 8 nitrogen and oxygen atoms in total. The SMILES string of the molecule is CCn1c(SCC(=O)Nc2cccc([N+](=O)[O-])c2)nnc1[C@@H]1C[C@H]1c1ccc(Cl)cc1. The van der Waals surface area contributed by atoms with Gasteiger partial charge in [-0.2, -0.15) is 0 Å². The lowest BCUT2D eigenvalue weighted by atomic mass is 10.1. The fourth-order valence-electron chi connectivity index (χ4n) is 3.56. The van der Waals surface area contributed by atoms with Gasteiger partial charge in [0.1, 0.15) is 5.82 Å². The topological polar surface area (TPSA) is 103 Å². The van der Waals surface area contributed by atoms with Crippen molar-refractivity contribution in [3.05, 3.63) is 75.1 Å². The predicted molar refractivity (Wildman–Crippen MR) is 120 cm³/mol. The summed E-state index contributed by atoms with van der Waals surface area (Å²) in [5.74, 6) is 1.52. The summed E-state index contributed by atoms with van der Waals surface area (Å²) < 4.78 is 2.05. The first-order valence-electron chi connectivity index (χ1n) is 9.82. The lowest BCUT2D eigenvalue weighted by molar-refractivity contribution is -0.384. The van der Waals surface area contributed by atoms with Crippen LogP contribution < -0.4 is 5.32 Å². The highest BCUT2D eigenvalue weighted by molar-refractivity contribution is 7.99. The zero-order valence-corrected chi connectivity index (χ0v) is 18.3. The first-order valence-corrected chi connectivity index (χ1v) is 11.2. The molecule has 10 heteroatoms. The molecule has 1 saturated carbocycles. The Bertz CT molecular complexity index is 1120. The molecule has 0 unspecified atom stereocenters. The smallest absolute Gasteiger partial charge is 0.271 e. The number of carbonyl (C=O) groups is 1. The molecule has 0 bridgehead atoms. The van der Waals surface area contributed by atoms with Crippen molar-refractivity contribution in [2.45, 2.75) is 36.9 Å². The molecule has 1 aliphatic rings. The molecular weight excluding hydrogens is 438 g/mol. The molecule has 1 N–H and O–H groups in total. The molecule has 1 fully saturated rings. The molecule has 1 heterocycles. The van der Waals surface area contributed by atoms with Crippen molar-refractivity contribution >= 4 is 40.6 Å². The van der Waals surface area contributed by atoms with Gasteiger partial charge in [-0.15, -0.1) is 10.2 Å². The first kappa shape index (κ1) is 21.3. The minimum absolute atomic E-state index is 0.0690. The van der Waals surface area contributed by atoms with Crippen LogP contribution in [0.2, 0.25) is 5.02 Å². The van der Waals surface area contributed by atoms with Crippen LogP contribution in [0, 0.1) is 10.1 Å². The van der Waals surface area contributed by atoms with E-state index in [1.807, 2.05) is 35.8 Å². The number of rotatable bonds is 8. The highest BCUT2D eigenvalue weighted by Gasteiger charge is 2.43. The van der Waals surface area contributed by atoms with E-state index in [-0.39, 0.29) is 17.3 Å². The van der Waals surface area contributed by atoms with E-state index in [4.69, 9.17) is 11.6 Å². The fraction of sp³-hybridized carbons (Fsp3) is 0.286. The summed E-state index contributed by atoms with van der Waals surface area (Å²) in [5.41, 5.74) is 1.56. The zero-order chi connectivity index (χ0) is 22.0. The number of aromatic nitrogens is 3. The minimum atomic E-state index is -0.495. The van der Waals surface area contributed by atoms with Crippen molar-refractivity contribution in [2.75, 3.05) is 11.1 Å². The van der Waals surface area contributed by atoms with Gasteiger partial charge in [-0.25, -0.2) is 0 Å². The maximum atomic E-state index is 12.3. The van der Waals surface area contributed by atoms with E-state index in [2.05, 4.69) is 15.5 Å². The van der Waals surface area contributed by atoms with E-state index in [1.165, 1.54) is 35.5 Å². The van der Waals surface area contributed by atoms with E-state index in [0.717, 1.165) is 17.3 Å². The number of non-ortho nitro benzene ring substituents is 1. The second kappa shape index (κ2) is 9.07. The largest absolute Gasteiger partial charge is 0.325 e. The first-order chi connectivity index (χ1) is 15.0. The van der Waals surface area contributed by atoms with Crippen LogP contribution in [-0.2, 0) is 11.3 Å². The Morgan fingerprint density at radius 1 is 1.26 bits per heavy atom. The van der Waals surface area contributed by atoms with Gasteiger partial charge in [0.2, 0.25) is 5.91 Å². The Hall–Kier alpha value is -2.91. The third-order valence-electron chi connectivity index (χ3n) is 5.16. The number of amides is 1. The lowest BCUT2D eigenvalue weighted by Gasteiger charge is -2.08. The van der Waals surface area contributed by atoms with Crippen LogP contribution in [0.4, 0.5) is 11.4 Å². The van der Waals surface area contributed by atoms with Gasteiger partial charge in [-0.3, -0.25) is 14.9 Å². The van der Waals surface area contributed by atoms with Gasteiger partial charge >= 0.3 is 0 Å². The van der Waals surface area contributed by atoms with Gasteiger partial charge in [0.05, 0.1) is 10.7 Å². The Morgan fingerprint density at radius 3 is 2.74 bits per heavy atom. The van der Waals surface area contributed by atoms with Crippen LogP contribution in [0.5, 0.6) is 0 Å². The number of benzene rings is 2. The van der Waals surface area contributed by atoms with E-state index >= 15 is 0 Å². The molecule has 1 aromatic heterocycles. The number of thioether (sulfide) groups is 1. The average Bonchev–Trinajstić information content (AvgIpc) is 3.44. The molecule has 1 amide bonds. The number of nitro groups is 1. The number of nitrogens with zero attached hydrogens (tertiary/aromatic N) is 4. The highest BCUT2D eigenvalue weighted by Crippen LogP contribution is 2.54. The van der Waals surface area contributed by atoms with Gasteiger partial charge in [0, 0.05) is 35.3 Å². The van der Waals surface area contributed by atoms with Crippen molar-refractivity contribution in [1.82, 2.24) is 14.8 Å². The van der Waals surface area contributed by atoms with Gasteiger partial charge < -0.3 is 9.88 Å². The Labute approximate surface area is 188 Å². The van der Waals surface area contributed by atoms with Crippen molar-refractivity contribution in [1.29, 1.82) is 0 Å². The molecular formula is C21H20ClN5O3S. The lowest BCUT2D eigenvalue weighted by Crippen LogP contribution is -2.14. The molecule has 160 valence electrons. The summed E-state index contributed by atoms with van der Waals surface area (Å²) in [6.45, 7) is 2.74. The number of anilines is 1. The monoisotopic (exact) mass is 457 g/mol. The molecule has 2 aromatic carbocycles. The standard InChI is InChI=1S/C21H20ClN5O3S/c1-2-26-20(18-11-17(18)13-6-8-14(22)9-7-13)24-25-21(26)31-12-19(28)23-15-4-3-5-16(10-15)27(29)30/h3-10,17-18H,2,11-12H2,1H3,(H,23,28)/t17-,18+/m0/s1. The maximum absolute atomic E-state index is 12.3. The van der Waals surface area contributed by atoms with E-state index in [1.54, 1.807) is 6.07 Å². The van der Waals surface area contributed by atoms with Crippen LogP contribution in [-0.4, -0.2) is 31.3 Å². The summed E-state index contributed by atoms with van der Waals surface area (Å²) in [5, 5.41) is 23.7. The Morgan fingerprint density at radius 2 is 2.03 bits per heavy atom. The molecule has 31 heavy (non-hydrogen) atoms. The molecule has 4 rings (SSSR count). The van der Waals surface area contributed by atoms with Crippen molar-refractivity contribution in [3.63, 3.8) is 0 Å². The number of carbonyl (C=O) groups excluding carboxylic acids is 1. The van der Waals surface area contributed by atoms with Crippen molar-refractivity contribution in [2.24, 2.45) is 0 Å². The molecule has 0 radical (unpaired) electrons. The summed E-state index contributed by atoms with van der Waals surface area (Å²) in [7, 11) is 0. The summed E-state index contributed by atoms with van der Waals surface area (Å²) in [4.78, 5) is 22.7. The summed E-state index contributed by atoms with van der Waals surface area (Å²) >= 11 is 7.28. The third kappa shape index (κ3) is 4.88. The fourth-order valence-corrected chi connectivity index (χ4v) is 4.50. The van der Waals surface area contributed by atoms with Crippen LogP contribution >= 0.6 is 23.4 Å². The second-order valence-electron chi connectivity index (χ2n) is 7.23. The van der Waals surface area contributed by atoms with Gasteiger partial charge in [-0.05, 0) is 43.0 Å². The van der Waals surface area contributed by atoms with Crippen molar-refractivity contribution in [3.8, 4) is 0 Å². The number of nitro benzene ring substituents is 1. The van der Waals surface area contributed by atoms with Gasteiger partial charge in [0.15, 0.2) is 5.16 Å². The molecule has 0 aliphatic heterocycles. The van der Waals surface area contributed by atoms with Crippen LogP contribution in [0.15, 0.2) is 53.7 Å². The quantitative estimate of drug-likeness (QED) is 0.294. The zero-order valence-electron chi connectivity index (χ0n) is 16.7. The third-order valence-corrected chi connectivity index (χ3v) is 6.37. The number of halogens is 1. The van der Waals surface area contributed by atoms with E-state index < -0.39 is 4.92 Å². The van der Waals surface area contributed by atoms with Crippen LogP contribution in [0.1, 0.15) is 36.6 Å². The molecule has 0 saturated heterocycles. The normalized spacial score (nSPS) is 17.4. The molecule has 0 spiro atoms. The van der Waals surface area contributed by atoms with Gasteiger partial charge in [0.25, 0.3) is 5.69 Å². The highest BCUT2D eigenvalue weighted by atomic mass is 35.5. The maximum Gasteiger partial charge on any atom is 0.271 e. The van der Waals surface area contributed by atoms with E-state index in [9.17, 15) is 14.9 Å². The molecule has 2 atom stereocenters. The predicted octanol–water partition coefficient (Wildman–Crippen LogP) is 4.86. The van der Waals surface area contributed by atoms with Crippen LogP contribution in [0.3, 0.4) is 0 Å². The second-order valence-corrected chi connectivity index (χ2v) is 8.61. The summed E-state index contributed by atoms with van der Waals surface area (Å²) in [6.07, 6.45) is 1.01. The van der Waals surface area contributed by atoms with Crippen LogP contribution in [0.25, 0.3) is 0 Å². The average molecular weight is 458 g/mol. The summed E-state index contributed by atoms with van der Waals surface area (Å²) in [6, 6.07) is 13.8. The van der Waals surface area contributed by atoms with Crippen molar-refractivity contribution < 1.29 is 9.72 Å². The molecule has 1 aliphatic carbocycles.